The van der Waals surface area contributed by atoms with Crippen molar-refractivity contribution in [2.75, 3.05) is 26.0 Å². The largest absolute Gasteiger partial charge is 0.497 e. The van der Waals surface area contributed by atoms with Gasteiger partial charge in [-0.15, -0.1) is 11.3 Å². The van der Waals surface area contributed by atoms with E-state index in [0.29, 0.717) is 12.3 Å². The van der Waals surface area contributed by atoms with Crippen LogP contribution in [0.4, 0.5) is 4.39 Å². The maximum Gasteiger partial charge on any atom is 0.341 e. The third kappa shape index (κ3) is 6.39. The smallest absolute Gasteiger partial charge is 0.341 e. The molecule has 1 aromatic heterocycles. The lowest BCUT2D eigenvalue weighted by Crippen LogP contribution is -2.30. The number of hydrogen-bond donors (Lipinski definition) is 1. The van der Waals surface area contributed by atoms with Crippen molar-refractivity contribution in [1.82, 2.24) is 5.32 Å². The lowest BCUT2D eigenvalue weighted by molar-refractivity contribution is -0.124. The van der Waals surface area contributed by atoms with E-state index in [-0.39, 0.29) is 5.56 Å². The number of carbonyl (C=O) groups is 2. The van der Waals surface area contributed by atoms with E-state index in [1.807, 2.05) is 11.4 Å². The molecule has 0 aliphatic carbocycles. The predicted octanol–water partition coefficient (Wildman–Crippen LogP) is 3.10. The number of ether oxygens (including phenoxy) is 2. The maximum absolute atomic E-state index is 13.7. The minimum Gasteiger partial charge on any atom is -0.497 e. The molecular weight excluding hydrogens is 365 g/mol. The quantitative estimate of drug-likeness (QED) is 0.532. The van der Waals surface area contributed by atoms with E-state index >= 15 is 0 Å². The zero-order valence-corrected chi connectivity index (χ0v) is 15.3. The zero-order valence-electron chi connectivity index (χ0n) is 13.6. The van der Waals surface area contributed by atoms with Gasteiger partial charge in [-0.3, -0.25) is 4.79 Å². The average molecular weight is 383 g/mol. The van der Waals surface area contributed by atoms with Gasteiger partial charge in [0.1, 0.15) is 11.6 Å². The molecule has 0 spiro atoms. The Bertz CT molecular complexity index is 707. The fourth-order valence-electron chi connectivity index (χ4n) is 1.88. The van der Waals surface area contributed by atoms with E-state index in [4.69, 9.17) is 9.47 Å². The fraction of sp³-hybridized carbons (Fsp3) is 0.294. The van der Waals surface area contributed by atoms with E-state index in [1.54, 1.807) is 23.1 Å². The van der Waals surface area contributed by atoms with Crippen LogP contribution in [0.5, 0.6) is 5.75 Å². The third-order valence-electron chi connectivity index (χ3n) is 3.12. The van der Waals surface area contributed by atoms with E-state index in [0.717, 1.165) is 17.6 Å². The molecule has 2 rings (SSSR count). The number of methoxy groups -OCH3 is 1. The summed E-state index contributed by atoms with van der Waals surface area (Å²) in [7, 11) is 1.40. The first-order valence-corrected chi connectivity index (χ1v) is 9.51. The summed E-state index contributed by atoms with van der Waals surface area (Å²) in [4.78, 5) is 24.7. The molecule has 0 fully saturated rings. The Hall–Kier alpha value is -2.06. The van der Waals surface area contributed by atoms with Crippen LogP contribution in [0.15, 0.2) is 35.7 Å². The van der Waals surface area contributed by atoms with Crippen LogP contribution in [-0.2, 0) is 15.3 Å². The van der Waals surface area contributed by atoms with Crippen molar-refractivity contribution in [3.63, 3.8) is 0 Å². The summed E-state index contributed by atoms with van der Waals surface area (Å²) in [5.74, 6) is -0.104. The molecule has 0 radical (unpaired) electrons. The highest BCUT2D eigenvalue weighted by atomic mass is 32.2. The summed E-state index contributed by atoms with van der Waals surface area (Å²) >= 11 is 3.40. The van der Waals surface area contributed by atoms with Gasteiger partial charge < -0.3 is 14.8 Å². The fourth-order valence-corrected chi connectivity index (χ4v) is 3.58. The molecule has 1 heterocycles. The van der Waals surface area contributed by atoms with Gasteiger partial charge in [0.2, 0.25) is 0 Å². The monoisotopic (exact) mass is 383 g/mol. The number of esters is 1. The molecule has 0 aliphatic heterocycles. The molecule has 0 saturated heterocycles. The number of nitrogens with one attached hydrogen (secondary N) is 1. The molecule has 1 aromatic carbocycles. The molecule has 0 unspecified atom stereocenters. The molecule has 1 N–H and O–H groups in total. The van der Waals surface area contributed by atoms with Crippen molar-refractivity contribution >= 4 is 35.0 Å². The van der Waals surface area contributed by atoms with Gasteiger partial charge in [0.05, 0.1) is 12.7 Å². The van der Waals surface area contributed by atoms with Crippen LogP contribution in [0.25, 0.3) is 0 Å². The van der Waals surface area contributed by atoms with Crippen molar-refractivity contribution in [2.24, 2.45) is 0 Å². The summed E-state index contributed by atoms with van der Waals surface area (Å²) in [6, 6.07) is 7.86. The molecule has 0 saturated carbocycles. The molecule has 0 atom stereocenters. The number of benzene rings is 1. The van der Waals surface area contributed by atoms with Gasteiger partial charge in [-0.05, 0) is 23.6 Å². The highest BCUT2D eigenvalue weighted by molar-refractivity contribution is 7.98. The Morgan fingerprint density at radius 1 is 1.32 bits per heavy atom. The average Bonchev–Trinajstić information content (AvgIpc) is 3.12. The van der Waals surface area contributed by atoms with Gasteiger partial charge in [-0.25, -0.2) is 9.18 Å². The second-order valence-corrected chi connectivity index (χ2v) is 7.04. The minimum absolute atomic E-state index is 0.236. The van der Waals surface area contributed by atoms with Crippen LogP contribution in [-0.4, -0.2) is 37.9 Å². The molecule has 134 valence electrons. The van der Waals surface area contributed by atoms with Gasteiger partial charge in [-0.2, -0.15) is 11.8 Å². The molecule has 25 heavy (non-hydrogen) atoms. The lowest BCUT2D eigenvalue weighted by atomic mass is 10.2. The molecular formula is C17H18FNO4S2. The van der Waals surface area contributed by atoms with Gasteiger partial charge >= 0.3 is 5.97 Å². The number of thioether (sulfide) groups is 1. The summed E-state index contributed by atoms with van der Waals surface area (Å²) in [6.07, 6.45) is 0. The van der Waals surface area contributed by atoms with E-state index in [9.17, 15) is 14.0 Å². The number of hydrogen-bond acceptors (Lipinski definition) is 6. The summed E-state index contributed by atoms with van der Waals surface area (Å²) < 4.78 is 23.4. The Balaban J connectivity index is 1.64. The second-order valence-electron chi connectivity index (χ2n) is 4.90. The molecule has 2 aromatic rings. The Kier molecular flexibility index (Phi) is 7.75. The normalized spacial score (nSPS) is 10.3. The van der Waals surface area contributed by atoms with Crippen molar-refractivity contribution in [3.8, 4) is 5.75 Å². The number of carbonyl (C=O) groups excluding carboxylic acids is 2. The number of rotatable bonds is 9. The Labute approximate surface area is 153 Å². The molecule has 1 amide bonds. The summed E-state index contributed by atoms with van der Waals surface area (Å²) in [5, 5.41) is 4.68. The topological polar surface area (TPSA) is 64.6 Å². The summed E-state index contributed by atoms with van der Waals surface area (Å²) in [6.45, 7) is 0.0310. The van der Waals surface area contributed by atoms with E-state index < -0.39 is 24.3 Å². The van der Waals surface area contributed by atoms with Crippen LogP contribution < -0.4 is 10.1 Å². The standard InChI is InChI=1S/C17H18FNO4S2/c1-22-12-4-5-14(15(18)9-12)17(21)23-10-16(20)19-6-8-24-11-13-3-2-7-25-13/h2-5,7,9H,6,8,10-11H2,1H3,(H,19,20). The van der Waals surface area contributed by atoms with Crippen LogP contribution in [0.2, 0.25) is 0 Å². The first kappa shape index (κ1) is 19.3. The van der Waals surface area contributed by atoms with E-state index in [2.05, 4.69) is 11.4 Å². The van der Waals surface area contributed by atoms with Crippen LogP contribution in [0.1, 0.15) is 15.2 Å². The van der Waals surface area contributed by atoms with Gasteiger partial charge in [-0.1, -0.05) is 6.07 Å². The van der Waals surface area contributed by atoms with Crippen LogP contribution in [0.3, 0.4) is 0 Å². The first-order valence-electron chi connectivity index (χ1n) is 7.47. The first-order chi connectivity index (χ1) is 12.1. The van der Waals surface area contributed by atoms with Gasteiger partial charge in [0.15, 0.2) is 6.61 Å². The van der Waals surface area contributed by atoms with Crippen LogP contribution in [0, 0.1) is 5.82 Å². The zero-order chi connectivity index (χ0) is 18.1. The number of amides is 1. The van der Waals surface area contributed by atoms with Gasteiger partial charge in [0.25, 0.3) is 5.91 Å². The van der Waals surface area contributed by atoms with Crippen molar-refractivity contribution in [3.05, 3.63) is 52.0 Å². The maximum atomic E-state index is 13.7. The second kappa shape index (κ2) is 10.0. The molecule has 0 aliphatic rings. The van der Waals surface area contributed by atoms with Gasteiger partial charge in [0, 0.05) is 29.0 Å². The Morgan fingerprint density at radius 2 is 2.16 bits per heavy atom. The predicted molar refractivity (Wildman–Crippen MR) is 96.7 cm³/mol. The lowest BCUT2D eigenvalue weighted by Gasteiger charge is -2.08. The molecule has 8 heteroatoms. The Morgan fingerprint density at radius 3 is 2.84 bits per heavy atom. The molecule has 5 nitrogen and oxygen atoms in total. The van der Waals surface area contributed by atoms with E-state index in [1.165, 1.54) is 24.1 Å². The molecule has 0 bridgehead atoms. The van der Waals surface area contributed by atoms with Crippen molar-refractivity contribution < 1.29 is 23.5 Å². The number of thiophene rings is 1. The summed E-state index contributed by atoms with van der Waals surface area (Å²) in [5.41, 5.74) is -0.236. The van der Waals surface area contributed by atoms with Crippen LogP contribution >= 0.6 is 23.1 Å². The van der Waals surface area contributed by atoms with Crippen molar-refractivity contribution in [1.29, 1.82) is 0 Å². The number of halogens is 1. The van der Waals surface area contributed by atoms with Crippen molar-refractivity contribution in [2.45, 2.75) is 5.75 Å². The minimum atomic E-state index is -0.887. The third-order valence-corrected chi connectivity index (χ3v) is 5.19. The SMILES string of the molecule is COc1ccc(C(=O)OCC(=O)NCCSCc2cccs2)c(F)c1. The highest BCUT2D eigenvalue weighted by Crippen LogP contribution is 2.17. The highest BCUT2D eigenvalue weighted by Gasteiger charge is 2.15.